The van der Waals surface area contributed by atoms with E-state index >= 15 is 0 Å². The van der Waals surface area contributed by atoms with E-state index in [4.69, 9.17) is 4.98 Å². The van der Waals surface area contributed by atoms with Gasteiger partial charge in [0.05, 0.1) is 11.1 Å². The van der Waals surface area contributed by atoms with E-state index in [0.717, 1.165) is 5.69 Å². The standard InChI is InChI=1S/C38H21NS2/c1-4-16-30-23(9-1)25-12-7-15-29-34(25)38(30,35-28-11-3-6-18-33(28)41-37(29)35)22-19-20-31(39-21-22)27-14-8-13-26-24-10-2-5-17-32(24)40-36(26)27/h1-21H. The van der Waals surface area contributed by atoms with Gasteiger partial charge in [-0.3, -0.25) is 4.98 Å². The molecule has 1 atom stereocenters. The summed E-state index contributed by atoms with van der Waals surface area (Å²) in [6.45, 7) is 0. The Kier molecular flexibility index (Phi) is 4.21. The first-order valence-electron chi connectivity index (χ1n) is 14.0. The maximum Gasteiger partial charge on any atom is 0.0755 e. The Balaban J connectivity index is 1.26. The topological polar surface area (TPSA) is 12.9 Å². The summed E-state index contributed by atoms with van der Waals surface area (Å²) < 4.78 is 3.97. The molecule has 3 heterocycles. The molecule has 3 heteroatoms. The summed E-state index contributed by atoms with van der Waals surface area (Å²) in [5, 5.41) is 3.98. The zero-order valence-electron chi connectivity index (χ0n) is 21.9. The van der Waals surface area contributed by atoms with Gasteiger partial charge in [-0.05, 0) is 62.5 Å². The van der Waals surface area contributed by atoms with Crippen molar-refractivity contribution in [3.8, 4) is 32.8 Å². The number of pyridine rings is 1. The molecule has 0 spiro atoms. The van der Waals surface area contributed by atoms with Gasteiger partial charge >= 0.3 is 0 Å². The Labute approximate surface area is 245 Å². The third kappa shape index (κ3) is 2.64. The molecule has 10 rings (SSSR count). The number of fused-ring (bicyclic) bond motifs is 11. The van der Waals surface area contributed by atoms with Crippen LogP contribution in [0.25, 0.3) is 63.1 Å². The van der Waals surface area contributed by atoms with Gasteiger partial charge in [-0.25, -0.2) is 0 Å². The molecule has 0 aliphatic heterocycles. The van der Waals surface area contributed by atoms with Crippen molar-refractivity contribution in [2.75, 3.05) is 0 Å². The van der Waals surface area contributed by atoms with Crippen molar-refractivity contribution >= 4 is 52.9 Å². The largest absolute Gasteiger partial charge is 0.256 e. The molecule has 0 amide bonds. The Morgan fingerprint density at radius 3 is 2.05 bits per heavy atom. The molecule has 1 unspecified atom stereocenters. The van der Waals surface area contributed by atoms with Crippen LogP contribution in [0.4, 0.5) is 0 Å². The second-order valence-corrected chi connectivity index (χ2v) is 13.1. The summed E-state index contributed by atoms with van der Waals surface area (Å²) in [6, 6.07) is 44.7. The van der Waals surface area contributed by atoms with E-state index in [9.17, 15) is 0 Å². The molecule has 2 aliphatic carbocycles. The SMILES string of the molecule is c1ccc2c(c1)-c1cccc3c1C2(c1ccc(-c2cccc4c2sc2ccccc24)nc1)c1c-3sc2ccccc12. The number of hydrogen-bond donors (Lipinski definition) is 0. The van der Waals surface area contributed by atoms with Crippen LogP contribution >= 0.6 is 22.7 Å². The zero-order valence-corrected chi connectivity index (χ0v) is 23.5. The summed E-state index contributed by atoms with van der Waals surface area (Å²) in [7, 11) is 0. The van der Waals surface area contributed by atoms with Crippen LogP contribution in [0.1, 0.15) is 22.3 Å². The molecule has 0 saturated carbocycles. The van der Waals surface area contributed by atoms with Crippen molar-refractivity contribution in [2.24, 2.45) is 0 Å². The van der Waals surface area contributed by atoms with Crippen LogP contribution in [0.5, 0.6) is 0 Å². The Morgan fingerprint density at radius 2 is 1.17 bits per heavy atom. The molecule has 8 aromatic rings. The highest BCUT2D eigenvalue weighted by Gasteiger charge is 2.54. The van der Waals surface area contributed by atoms with Crippen molar-refractivity contribution in [2.45, 2.75) is 5.41 Å². The molecule has 2 aliphatic rings. The van der Waals surface area contributed by atoms with Crippen LogP contribution < -0.4 is 0 Å². The van der Waals surface area contributed by atoms with Crippen LogP contribution in [0.3, 0.4) is 0 Å². The van der Waals surface area contributed by atoms with E-state index in [1.54, 1.807) is 0 Å². The van der Waals surface area contributed by atoms with Crippen molar-refractivity contribution in [3.63, 3.8) is 0 Å². The minimum atomic E-state index is -0.368. The summed E-state index contributed by atoms with van der Waals surface area (Å²) in [4.78, 5) is 6.62. The lowest BCUT2D eigenvalue weighted by molar-refractivity contribution is 0.795. The summed E-state index contributed by atoms with van der Waals surface area (Å²) in [5.74, 6) is 0. The average Bonchev–Trinajstić information content (AvgIpc) is 3.76. The predicted molar refractivity (Wildman–Crippen MR) is 174 cm³/mol. The van der Waals surface area contributed by atoms with Gasteiger partial charge in [0.25, 0.3) is 0 Å². The maximum atomic E-state index is 5.22. The van der Waals surface area contributed by atoms with Gasteiger partial charge in [0.1, 0.15) is 0 Å². The first-order valence-corrected chi connectivity index (χ1v) is 15.6. The minimum Gasteiger partial charge on any atom is -0.256 e. The fraction of sp³-hybridized carbons (Fsp3) is 0.0263. The summed E-state index contributed by atoms with van der Waals surface area (Å²) >= 11 is 3.79. The van der Waals surface area contributed by atoms with E-state index < -0.39 is 0 Å². The van der Waals surface area contributed by atoms with E-state index in [2.05, 4.69) is 128 Å². The second kappa shape index (κ2) is 7.79. The molecule has 0 saturated heterocycles. The molecule has 5 aromatic carbocycles. The lowest BCUT2D eigenvalue weighted by Crippen LogP contribution is -2.26. The number of nitrogens with zero attached hydrogens (tertiary/aromatic N) is 1. The van der Waals surface area contributed by atoms with Crippen LogP contribution in [0.15, 0.2) is 128 Å². The van der Waals surface area contributed by atoms with Crippen LogP contribution in [0, 0.1) is 0 Å². The smallest absolute Gasteiger partial charge is 0.0755 e. The molecule has 0 bridgehead atoms. The Morgan fingerprint density at radius 1 is 0.488 bits per heavy atom. The third-order valence-electron chi connectivity index (χ3n) is 9.15. The normalized spacial score (nSPS) is 16.4. The van der Waals surface area contributed by atoms with Gasteiger partial charge in [-0.1, -0.05) is 103 Å². The quantitative estimate of drug-likeness (QED) is 0.207. The summed E-state index contributed by atoms with van der Waals surface area (Å²) in [5.41, 5.74) is 11.4. The van der Waals surface area contributed by atoms with Gasteiger partial charge < -0.3 is 0 Å². The van der Waals surface area contributed by atoms with Crippen molar-refractivity contribution < 1.29 is 0 Å². The van der Waals surface area contributed by atoms with E-state index in [1.807, 2.05) is 22.7 Å². The first kappa shape index (κ1) is 22.2. The van der Waals surface area contributed by atoms with E-state index in [1.165, 1.54) is 79.6 Å². The second-order valence-electron chi connectivity index (χ2n) is 11.0. The highest BCUT2D eigenvalue weighted by Crippen LogP contribution is 2.67. The lowest BCUT2D eigenvalue weighted by atomic mass is 9.70. The number of benzene rings is 5. The first-order chi connectivity index (χ1) is 20.3. The highest BCUT2D eigenvalue weighted by molar-refractivity contribution is 7.26. The third-order valence-corrected chi connectivity index (χ3v) is 11.6. The number of rotatable bonds is 2. The fourth-order valence-electron chi connectivity index (χ4n) is 7.58. The van der Waals surface area contributed by atoms with E-state index in [0.29, 0.717) is 0 Å². The van der Waals surface area contributed by atoms with Crippen LogP contribution in [-0.4, -0.2) is 4.98 Å². The van der Waals surface area contributed by atoms with Gasteiger partial charge in [0.2, 0.25) is 0 Å². The molecule has 0 fully saturated rings. The Hall–Kier alpha value is -4.57. The number of aromatic nitrogens is 1. The molecule has 0 N–H and O–H groups in total. The number of hydrogen-bond acceptors (Lipinski definition) is 3. The highest BCUT2D eigenvalue weighted by atomic mass is 32.1. The van der Waals surface area contributed by atoms with Crippen LogP contribution in [0.2, 0.25) is 0 Å². The van der Waals surface area contributed by atoms with Gasteiger partial charge in [0.15, 0.2) is 0 Å². The van der Waals surface area contributed by atoms with Gasteiger partial charge in [-0.2, -0.15) is 0 Å². The molecule has 41 heavy (non-hydrogen) atoms. The molecular formula is C38H21NS2. The molecule has 3 aromatic heterocycles. The molecule has 1 nitrogen and oxygen atoms in total. The maximum absolute atomic E-state index is 5.22. The van der Waals surface area contributed by atoms with Gasteiger partial charge in [-0.15, -0.1) is 22.7 Å². The van der Waals surface area contributed by atoms with Crippen molar-refractivity contribution in [1.29, 1.82) is 0 Å². The number of thiophene rings is 2. The predicted octanol–water partition coefficient (Wildman–Crippen LogP) is 10.7. The van der Waals surface area contributed by atoms with Gasteiger partial charge in [0, 0.05) is 41.5 Å². The van der Waals surface area contributed by atoms with Crippen molar-refractivity contribution in [1.82, 2.24) is 4.98 Å². The summed E-state index contributed by atoms with van der Waals surface area (Å²) in [6.07, 6.45) is 2.16. The minimum absolute atomic E-state index is 0.368. The monoisotopic (exact) mass is 555 g/mol. The fourth-order valence-corrected chi connectivity index (χ4v) is 10.1. The van der Waals surface area contributed by atoms with E-state index in [-0.39, 0.29) is 5.41 Å². The zero-order chi connectivity index (χ0) is 26.7. The van der Waals surface area contributed by atoms with Crippen molar-refractivity contribution in [3.05, 3.63) is 150 Å². The molecule has 0 radical (unpaired) electrons. The van der Waals surface area contributed by atoms with Crippen LogP contribution in [-0.2, 0) is 5.41 Å². The lowest BCUT2D eigenvalue weighted by Gasteiger charge is -2.30. The molecule has 190 valence electrons. The Bertz CT molecular complexity index is 2370. The molecular weight excluding hydrogens is 535 g/mol. The average molecular weight is 556 g/mol.